The minimum Gasteiger partial charge on any atom is -1.00 e. The lowest BCUT2D eigenvalue weighted by Gasteiger charge is -2.07. The van der Waals surface area contributed by atoms with Crippen molar-refractivity contribution in [2.24, 2.45) is 0 Å². The predicted octanol–water partition coefficient (Wildman–Crippen LogP) is -2.79. The summed E-state index contributed by atoms with van der Waals surface area (Å²) in [6.07, 6.45) is 0. The van der Waals surface area contributed by atoms with Gasteiger partial charge in [-0.2, -0.15) is 0 Å². The van der Waals surface area contributed by atoms with Crippen LogP contribution in [0.2, 0.25) is 0 Å². The Bertz CT molecular complexity index is 212. The maximum absolute atomic E-state index is 6.17. The van der Waals surface area contributed by atoms with Crippen molar-refractivity contribution in [1.29, 1.82) is 0 Å². The monoisotopic (exact) mass is 256 g/mol. The van der Waals surface area contributed by atoms with Gasteiger partial charge in [-0.05, 0) is 0 Å². The molecule has 0 radical (unpaired) electrons. The average Bonchev–Trinajstić information content (AvgIpc) is 2.54. The summed E-state index contributed by atoms with van der Waals surface area (Å²) in [5.41, 5.74) is 0. The minimum absolute atomic E-state index is 0. The van der Waals surface area contributed by atoms with Crippen molar-refractivity contribution in [2.45, 2.75) is 0 Å². The summed E-state index contributed by atoms with van der Waals surface area (Å²) in [6, 6.07) is 0. The Kier molecular flexibility index (Phi) is 8.14. The summed E-state index contributed by atoms with van der Waals surface area (Å²) < 4.78 is 12.1. The van der Waals surface area contributed by atoms with Gasteiger partial charge in [-0.15, -0.1) is 0 Å². The van der Waals surface area contributed by atoms with Crippen LogP contribution in [-0.4, -0.2) is 68.4 Å². The average molecular weight is 257 g/mol. The Balaban J connectivity index is 0.00000196. The normalized spacial score (nSPS) is 15.8. The lowest BCUT2D eigenvalue weighted by molar-refractivity contribution is -0.518. The van der Waals surface area contributed by atoms with Gasteiger partial charge in [0.2, 0.25) is 0 Å². The second-order valence-corrected chi connectivity index (χ2v) is 3.57. The molecule has 0 saturated carbocycles. The molecule has 0 aromatic rings. The second kappa shape index (κ2) is 8.16. The zero-order chi connectivity index (χ0) is 10.4. The van der Waals surface area contributed by atoms with Gasteiger partial charge in [-0.1, -0.05) is 0 Å². The smallest absolute Gasteiger partial charge is 0.345 e. The number of methoxy groups -OCH3 is 2. The van der Waals surface area contributed by atoms with E-state index in [0.29, 0.717) is 13.2 Å². The van der Waals surface area contributed by atoms with Gasteiger partial charge in [-0.25, -0.2) is 9.48 Å². The quantitative estimate of drug-likeness (QED) is 0.380. The Labute approximate surface area is 102 Å². The molecule has 4 nitrogen and oxygen atoms in total. The largest absolute Gasteiger partial charge is 1.00 e. The molecule has 0 atom stereocenters. The van der Waals surface area contributed by atoms with Crippen molar-refractivity contribution < 1.29 is 26.5 Å². The highest BCUT2D eigenvalue weighted by atomic mass is 35.5. The van der Waals surface area contributed by atoms with Crippen LogP contribution in [0.15, 0.2) is 0 Å². The molecule has 0 unspecified atom stereocenters. The molecule has 0 fully saturated rings. The molecule has 0 spiro atoms. The summed E-state index contributed by atoms with van der Waals surface area (Å²) in [4.78, 5) is 2.13. The maximum atomic E-state index is 6.17. The lowest BCUT2D eigenvalue weighted by Crippen LogP contribution is -3.00. The van der Waals surface area contributed by atoms with Crippen molar-refractivity contribution >= 4 is 16.9 Å². The summed E-state index contributed by atoms with van der Waals surface area (Å²) in [5.74, 6) is 0. The Morgan fingerprint density at radius 2 is 2.00 bits per heavy atom. The molecule has 1 aliphatic rings. The summed E-state index contributed by atoms with van der Waals surface area (Å²) in [5, 5.41) is 0.819. The first kappa shape index (κ1) is 15.0. The van der Waals surface area contributed by atoms with Crippen LogP contribution in [0.3, 0.4) is 0 Å². The molecule has 15 heavy (non-hydrogen) atoms. The third-order valence-electron chi connectivity index (χ3n) is 2.29. The number of hydrogen-bond donors (Lipinski definition) is 0. The van der Waals surface area contributed by atoms with Gasteiger partial charge < -0.3 is 21.9 Å². The first-order chi connectivity index (χ1) is 6.79. The summed E-state index contributed by atoms with van der Waals surface area (Å²) in [6.45, 7) is 5.11. The van der Waals surface area contributed by atoms with Gasteiger partial charge in [0.25, 0.3) is 0 Å². The number of halogens is 2. The molecule has 1 heterocycles. The Morgan fingerprint density at radius 1 is 1.33 bits per heavy atom. The van der Waals surface area contributed by atoms with Crippen molar-refractivity contribution in [3.63, 3.8) is 0 Å². The topological polar surface area (TPSA) is 24.7 Å². The van der Waals surface area contributed by atoms with Gasteiger partial charge in [0.05, 0.1) is 13.2 Å². The number of rotatable bonds is 6. The predicted molar refractivity (Wildman–Crippen MR) is 56.2 cm³/mol. The third kappa shape index (κ3) is 4.55. The number of hydrogen-bond acceptors (Lipinski definition) is 3. The van der Waals surface area contributed by atoms with Crippen LogP contribution in [-0.2, 0) is 9.47 Å². The fraction of sp³-hybridized carbons (Fsp3) is 0.889. The maximum Gasteiger partial charge on any atom is 0.345 e. The molecule has 1 rings (SSSR count). The minimum atomic E-state index is 0. The molecule has 6 heteroatoms. The van der Waals surface area contributed by atoms with Gasteiger partial charge in [-0.3, -0.25) is 0 Å². The third-order valence-corrected chi connectivity index (χ3v) is 2.77. The fourth-order valence-electron chi connectivity index (χ4n) is 1.44. The highest BCUT2D eigenvalue weighted by Crippen LogP contribution is 2.04. The van der Waals surface area contributed by atoms with E-state index in [1.165, 1.54) is 0 Å². The van der Waals surface area contributed by atoms with Crippen LogP contribution in [0, 0.1) is 0 Å². The van der Waals surface area contributed by atoms with Crippen LogP contribution in [0.25, 0.3) is 0 Å². The van der Waals surface area contributed by atoms with Crippen LogP contribution in [0.1, 0.15) is 0 Å². The number of nitrogens with zero attached hydrogens (tertiary/aromatic N) is 2. The standard InChI is InChI=1S/C9H18ClN2O2.ClH/c1-13-7-5-11-3-4-12(9(11)10)6-8-14-2;/h3-8H2,1-2H3;1H/q+1;/p-1. The second-order valence-electron chi connectivity index (χ2n) is 3.23. The summed E-state index contributed by atoms with van der Waals surface area (Å²) >= 11 is 6.17. The number of ether oxygens (including phenoxy) is 2. The van der Waals surface area contributed by atoms with E-state index < -0.39 is 0 Å². The van der Waals surface area contributed by atoms with Crippen molar-refractivity contribution in [1.82, 2.24) is 4.90 Å². The van der Waals surface area contributed by atoms with Crippen molar-refractivity contribution in [3.8, 4) is 0 Å². The SMILES string of the molecule is COCCN1CC[N+](CCOC)=C1Cl.[Cl-]. The van der Waals surface area contributed by atoms with Gasteiger partial charge >= 0.3 is 5.29 Å². The van der Waals surface area contributed by atoms with Crippen LogP contribution in [0.5, 0.6) is 0 Å². The highest BCUT2D eigenvalue weighted by Gasteiger charge is 2.27. The molecular formula is C9H18Cl2N2O2. The first-order valence-electron chi connectivity index (χ1n) is 4.79. The first-order valence-corrected chi connectivity index (χ1v) is 5.17. The summed E-state index contributed by atoms with van der Waals surface area (Å²) in [7, 11) is 3.40. The van der Waals surface area contributed by atoms with Gasteiger partial charge in [0.15, 0.2) is 0 Å². The zero-order valence-electron chi connectivity index (χ0n) is 9.21. The van der Waals surface area contributed by atoms with E-state index in [1.807, 2.05) is 0 Å². The van der Waals surface area contributed by atoms with E-state index in [9.17, 15) is 0 Å². The van der Waals surface area contributed by atoms with Crippen LogP contribution >= 0.6 is 11.6 Å². The molecule has 0 saturated heterocycles. The van der Waals surface area contributed by atoms with E-state index in [0.717, 1.165) is 31.5 Å². The van der Waals surface area contributed by atoms with E-state index in [4.69, 9.17) is 21.1 Å². The van der Waals surface area contributed by atoms with Gasteiger partial charge in [0.1, 0.15) is 26.2 Å². The molecule has 0 N–H and O–H groups in total. The zero-order valence-corrected chi connectivity index (χ0v) is 10.7. The van der Waals surface area contributed by atoms with Crippen LogP contribution in [0.4, 0.5) is 0 Å². The van der Waals surface area contributed by atoms with E-state index in [1.54, 1.807) is 14.2 Å². The molecule has 0 aliphatic carbocycles. The van der Waals surface area contributed by atoms with E-state index in [2.05, 4.69) is 9.48 Å². The number of amidine groups is 1. The molecule has 1 aliphatic heterocycles. The van der Waals surface area contributed by atoms with E-state index >= 15 is 0 Å². The van der Waals surface area contributed by atoms with Crippen molar-refractivity contribution in [3.05, 3.63) is 0 Å². The molecular weight excluding hydrogens is 239 g/mol. The van der Waals surface area contributed by atoms with Crippen LogP contribution < -0.4 is 12.4 Å². The Hall–Kier alpha value is -0.0300. The molecule has 0 amide bonds. The highest BCUT2D eigenvalue weighted by molar-refractivity contribution is 6.63. The van der Waals surface area contributed by atoms with Gasteiger partial charge in [0, 0.05) is 25.8 Å². The van der Waals surface area contributed by atoms with Crippen molar-refractivity contribution in [2.75, 3.05) is 53.6 Å². The van der Waals surface area contributed by atoms with E-state index in [-0.39, 0.29) is 12.4 Å². The Morgan fingerprint density at radius 3 is 2.60 bits per heavy atom. The molecule has 0 bridgehead atoms. The molecule has 90 valence electrons. The molecule has 0 aromatic carbocycles. The molecule has 0 aromatic heterocycles. The fourth-order valence-corrected chi connectivity index (χ4v) is 1.78. The lowest BCUT2D eigenvalue weighted by atomic mass is 10.5.